The molecule has 206 valence electrons. The number of hydrogen-bond donors (Lipinski definition) is 2. The number of nitrogens with one attached hydrogen (secondary N) is 1. The van der Waals surface area contributed by atoms with Crippen molar-refractivity contribution in [2.75, 3.05) is 25.0 Å². The molecule has 4 rings (SSSR count). The van der Waals surface area contributed by atoms with Crippen molar-refractivity contribution in [3.63, 3.8) is 0 Å². The van der Waals surface area contributed by atoms with Crippen LogP contribution in [0.5, 0.6) is 0 Å². The standard InChI is InChI=1S/C30H40N2O6/c1-21(36-22(2)34)29(35)31-26-10-8-9-25(17-26)30-37-27(19-32-15-6-4-3-5-7-16-32)18-28(38-30)24-13-11-23(20-33)12-14-24/h8-14,17,21,27-28,30,33H,3-7,15-16,18-20H2,1-2H3,(H,31,35)/t21-,27-,28+,30?/m0/s1. The number of esters is 1. The number of carbonyl (C=O) groups is 2. The second kappa shape index (κ2) is 13.8. The minimum absolute atomic E-state index is 0.00368. The lowest BCUT2D eigenvalue weighted by Crippen LogP contribution is -2.40. The summed E-state index contributed by atoms with van der Waals surface area (Å²) in [6.07, 6.45) is 5.37. The first kappa shape index (κ1) is 28.2. The molecule has 0 spiro atoms. The van der Waals surface area contributed by atoms with E-state index in [2.05, 4.69) is 10.2 Å². The highest BCUT2D eigenvalue weighted by Gasteiger charge is 2.33. The van der Waals surface area contributed by atoms with Crippen molar-refractivity contribution >= 4 is 17.6 Å². The van der Waals surface area contributed by atoms with Crippen LogP contribution in [-0.4, -0.2) is 53.7 Å². The highest BCUT2D eigenvalue weighted by atomic mass is 16.7. The minimum Gasteiger partial charge on any atom is -0.453 e. The number of carbonyl (C=O) groups excluding carboxylic acids is 2. The van der Waals surface area contributed by atoms with E-state index >= 15 is 0 Å². The van der Waals surface area contributed by atoms with E-state index in [0.717, 1.165) is 42.7 Å². The molecule has 2 aromatic rings. The fourth-order valence-corrected chi connectivity index (χ4v) is 5.13. The quantitative estimate of drug-likeness (QED) is 0.475. The second-order valence-corrected chi connectivity index (χ2v) is 10.3. The van der Waals surface area contributed by atoms with Gasteiger partial charge in [-0.05, 0) is 56.1 Å². The van der Waals surface area contributed by atoms with E-state index in [9.17, 15) is 14.7 Å². The maximum atomic E-state index is 12.5. The summed E-state index contributed by atoms with van der Waals surface area (Å²) in [6.45, 7) is 5.84. The zero-order valence-electron chi connectivity index (χ0n) is 22.4. The number of aliphatic hydroxyl groups is 1. The Labute approximate surface area is 225 Å². The summed E-state index contributed by atoms with van der Waals surface area (Å²) in [6, 6.07) is 15.3. The number of benzene rings is 2. The first-order valence-electron chi connectivity index (χ1n) is 13.7. The van der Waals surface area contributed by atoms with E-state index in [4.69, 9.17) is 14.2 Å². The number of ether oxygens (including phenoxy) is 3. The number of rotatable bonds is 8. The molecule has 0 aromatic heterocycles. The first-order valence-corrected chi connectivity index (χ1v) is 13.7. The highest BCUT2D eigenvalue weighted by molar-refractivity contribution is 5.95. The Morgan fingerprint density at radius 2 is 1.74 bits per heavy atom. The van der Waals surface area contributed by atoms with Gasteiger partial charge in [0.1, 0.15) is 0 Å². The van der Waals surface area contributed by atoms with E-state index in [1.807, 2.05) is 42.5 Å². The van der Waals surface area contributed by atoms with Gasteiger partial charge in [-0.15, -0.1) is 0 Å². The van der Waals surface area contributed by atoms with Crippen molar-refractivity contribution in [1.82, 2.24) is 4.90 Å². The van der Waals surface area contributed by atoms with Crippen molar-refractivity contribution in [3.05, 3.63) is 65.2 Å². The Bertz CT molecular complexity index is 1050. The van der Waals surface area contributed by atoms with E-state index < -0.39 is 24.3 Å². The van der Waals surface area contributed by atoms with Gasteiger partial charge in [0.25, 0.3) is 5.91 Å². The summed E-state index contributed by atoms with van der Waals surface area (Å²) in [5.74, 6) is -0.908. The predicted molar refractivity (Wildman–Crippen MR) is 144 cm³/mol. The van der Waals surface area contributed by atoms with Crippen molar-refractivity contribution in [3.8, 4) is 0 Å². The van der Waals surface area contributed by atoms with E-state index in [1.54, 1.807) is 6.07 Å². The lowest BCUT2D eigenvalue weighted by atomic mass is 9.99. The molecule has 1 unspecified atom stereocenters. The van der Waals surface area contributed by atoms with Crippen LogP contribution < -0.4 is 5.32 Å². The lowest BCUT2D eigenvalue weighted by molar-refractivity contribution is -0.253. The van der Waals surface area contributed by atoms with Gasteiger partial charge in [0.05, 0.1) is 18.8 Å². The maximum absolute atomic E-state index is 12.5. The Kier molecular flexibility index (Phi) is 10.3. The van der Waals surface area contributed by atoms with Gasteiger partial charge < -0.3 is 29.5 Å². The van der Waals surface area contributed by atoms with Gasteiger partial charge in [0.2, 0.25) is 0 Å². The third-order valence-corrected chi connectivity index (χ3v) is 7.16. The fraction of sp³-hybridized carbons (Fsp3) is 0.533. The van der Waals surface area contributed by atoms with Crippen LogP contribution >= 0.6 is 0 Å². The summed E-state index contributed by atoms with van der Waals surface area (Å²) in [5, 5.41) is 12.3. The van der Waals surface area contributed by atoms with Crippen LogP contribution in [0.15, 0.2) is 48.5 Å². The minimum atomic E-state index is -0.896. The Morgan fingerprint density at radius 1 is 1.03 bits per heavy atom. The zero-order chi connectivity index (χ0) is 26.9. The third kappa shape index (κ3) is 8.11. The van der Waals surface area contributed by atoms with Gasteiger partial charge in [-0.25, -0.2) is 0 Å². The van der Waals surface area contributed by atoms with Crippen molar-refractivity contribution in [1.29, 1.82) is 0 Å². The predicted octanol–water partition coefficient (Wildman–Crippen LogP) is 4.88. The Morgan fingerprint density at radius 3 is 2.42 bits per heavy atom. The summed E-state index contributed by atoms with van der Waals surface area (Å²) in [5.41, 5.74) is 3.29. The van der Waals surface area contributed by atoms with Crippen LogP contribution in [0.3, 0.4) is 0 Å². The first-order chi connectivity index (χ1) is 18.4. The molecule has 38 heavy (non-hydrogen) atoms. The van der Waals surface area contributed by atoms with Gasteiger partial charge >= 0.3 is 5.97 Å². The summed E-state index contributed by atoms with van der Waals surface area (Å²) >= 11 is 0. The van der Waals surface area contributed by atoms with E-state index in [0.29, 0.717) is 5.69 Å². The third-order valence-electron chi connectivity index (χ3n) is 7.16. The van der Waals surface area contributed by atoms with Crippen LogP contribution in [-0.2, 0) is 30.4 Å². The van der Waals surface area contributed by atoms with Gasteiger partial charge in [-0.3, -0.25) is 9.59 Å². The Balaban J connectivity index is 1.51. The molecule has 2 fully saturated rings. The lowest BCUT2D eigenvalue weighted by Gasteiger charge is -2.39. The van der Waals surface area contributed by atoms with Crippen LogP contribution in [0.25, 0.3) is 0 Å². The molecule has 2 heterocycles. The number of likely N-dealkylation sites (tertiary alicyclic amines) is 1. The number of anilines is 1. The fourth-order valence-electron chi connectivity index (χ4n) is 5.13. The number of nitrogens with zero attached hydrogens (tertiary/aromatic N) is 1. The Hall–Kier alpha value is -2.78. The summed E-state index contributed by atoms with van der Waals surface area (Å²) in [7, 11) is 0. The molecule has 2 N–H and O–H groups in total. The SMILES string of the molecule is CC(=O)O[C@@H](C)C(=O)Nc1cccc(C2O[C@H](CN3CCCCCCC3)C[C@H](c3ccc(CO)cc3)O2)c1. The number of aliphatic hydroxyl groups excluding tert-OH is 1. The molecule has 1 amide bonds. The average molecular weight is 525 g/mol. The largest absolute Gasteiger partial charge is 0.453 e. The van der Waals surface area contributed by atoms with Crippen LogP contribution in [0.4, 0.5) is 5.69 Å². The molecule has 2 aliphatic heterocycles. The molecule has 8 heteroatoms. The van der Waals surface area contributed by atoms with Gasteiger partial charge in [-0.2, -0.15) is 0 Å². The van der Waals surface area contributed by atoms with Gasteiger partial charge in [-0.1, -0.05) is 55.7 Å². The average Bonchev–Trinajstić information content (AvgIpc) is 2.90. The van der Waals surface area contributed by atoms with E-state index in [-0.39, 0.29) is 18.8 Å². The molecule has 2 aliphatic rings. The summed E-state index contributed by atoms with van der Waals surface area (Å²) in [4.78, 5) is 26.2. The molecule has 2 saturated heterocycles. The zero-order valence-corrected chi connectivity index (χ0v) is 22.4. The molecule has 0 bridgehead atoms. The van der Waals surface area contributed by atoms with Crippen molar-refractivity contribution < 1.29 is 28.9 Å². The van der Waals surface area contributed by atoms with Crippen molar-refractivity contribution in [2.45, 2.75) is 83.6 Å². The molecular weight excluding hydrogens is 484 g/mol. The molecular formula is C30H40N2O6. The van der Waals surface area contributed by atoms with E-state index in [1.165, 1.54) is 46.0 Å². The number of amides is 1. The maximum Gasteiger partial charge on any atom is 0.303 e. The highest BCUT2D eigenvalue weighted by Crippen LogP contribution is 2.38. The van der Waals surface area contributed by atoms with Gasteiger partial charge in [0, 0.05) is 31.1 Å². The molecule has 2 aromatic carbocycles. The molecule has 0 aliphatic carbocycles. The summed E-state index contributed by atoms with van der Waals surface area (Å²) < 4.78 is 18.0. The molecule has 8 nitrogen and oxygen atoms in total. The normalized spacial score (nSPS) is 23.6. The smallest absolute Gasteiger partial charge is 0.303 e. The molecule has 0 radical (unpaired) electrons. The van der Waals surface area contributed by atoms with Crippen LogP contribution in [0.2, 0.25) is 0 Å². The number of hydrogen-bond acceptors (Lipinski definition) is 7. The van der Waals surface area contributed by atoms with Crippen LogP contribution in [0.1, 0.15) is 81.5 Å². The molecule has 4 atom stereocenters. The molecule has 0 saturated carbocycles. The second-order valence-electron chi connectivity index (χ2n) is 10.3. The monoisotopic (exact) mass is 524 g/mol. The van der Waals surface area contributed by atoms with Gasteiger partial charge in [0.15, 0.2) is 12.4 Å². The van der Waals surface area contributed by atoms with Crippen LogP contribution in [0, 0.1) is 0 Å². The topological polar surface area (TPSA) is 97.3 Å². The van der Waals surface area contributed by atoms with Crippen molar-refractivity contribution in [2.24, 2.45) is 0 Å².